The van der Waals surface area contributed by atoms with E-state index in [-0.39, 0.29) is 22.9 Å². The highest BCUT2D eigenvalue weighted by atomic mass is 35.5. The quantitative estimate of drug-likeness (QED) is 0.685. The molecule has 0 spiro atoms. The molecule has 9 heteroatoms. The lowest BCUT2D eigenvalue weighted by molar-refractivity contribution is -0.114. The van der Waals surface area contributed by atoms with E-state index < -0.39 is 5.56 Å². The lowest BCUT2D eigenvalue weighted by Crippen LogP contribution is -2.17. The molecule has 0 bridgehead atoms. The Balaban J connectivity index is 1.83. The molecular formula is C20H15ClN4O3S. The van der Waals surface area contributed by atoms with Crippen LogP contribution in [0.3, 0.4) is 0 Å². The Morgan fingerprint density at radius 2 is 2.07 bits per heavy atom. The first kappa shape index (κ1) is 19.1. The van der Waals surface area contributed by atoms with Gasteiger partial charge in [-0.15, -0.1) is 0 Å². The molecule has 1 aliphatic rings. The van der Waals surface area contributed by atoms with Crippen LogP contribution >= 0.6 is 22.9 Å². The molecule has 146 valence electrons. The molecular weight excluding hydrogens is 412 g/mol. The normalized spacial score (nSPS) is 15.2. The van der Waals surface area contributed by atoms with Crippen molar-refractivity contribution in [2.24, 2.45) is 0 Å². The molecule has 1 aromatic carbocycles. The third-order valence-electron chi connectivity index (χ3n) is 4.17. The third-order valence-corrected chi connectivity index (χ3v) is 5.45. The summed E-state index contributed by atoms with van der Waals surface area (Å²) in [5.41, 5.74) is 7.26. The number of hydrogen-bond acceptors (Lipinski definition) is 7. The summed E-state index contributed by atoms with van der Waals surface area (Å²) in [6, 6.07) is 7.27. The first-order valence-corrected chi connectivity index (χ1v) is 9.90. The van der Waals surface area contributed by atoms with E-state index in [9.17, 15) is 9.59 Å². The molecule has 0 saturated carbocycles. The van der Waals surface area contributed by atoms with Gasteiger partial charge in [0.15, 0.2) is 5.76 Å². The van der Waals surface area contributed by atoms with Crippen LogP contribution in [-0.2, 0) is 9.53 Å². The summed E-state index contributed by atoms with van der Waals surface area (Å²) in [7, 11) is 0. The molecule has 2 N–H and O–H groups in total. The number of aromatic nitrogens is 3. The van der Waals surface area contributed by atoms with Crippen molar-refractivity contribution in [3.05, 3.63) is 74.8 Å². The Labute approximate surface area is 174 Å². The zero-order valence-electron chi connectivity index (χ0n) is 15.3. The molecule has 0 aliphatic heterocycles. The molecule has 2 heterocycles. The SMILES string of the molecule is CCOC1=C/C(=C/c2c(N)n3nc(-c4ccccc4Cl)sc3nc2=O)C=CC1=O. The maximum atomic E-state index is 12.6. The summed E-state index contributed by atoms with van der Waals surface area (Å²) in [5.74, 6) is 0.133. The van der Waals surface area contributed by atoms with Gasteiger partial charge in [0.25, 0.3) is 5.56 Å². The molecule has 1 aliphatic carbocycles. The van der Waals surface area contributed by atoms with E-state index in [2.05, 4.69) is 10.1 Å². The van der Waals surface area contributed by atoms with Crippen molar-refractivity contribution in [3.8, 4) is 10.6 Å². The predicted octanol–water partition coefficient (Wildman–Crippen LogP) is 3.50. The van der Waals surface area contributed by atoms with Gasteiger partial charge in [-0.3, -0.25) is 9.59 Å². The van der Waals surface area contributed by atoms with Gasteiger partial charge in [0.05, 0.1) is 17.2 Å². The fraction of sp³-hybridized carbons (Fsp3) is 0.100. The van der Waals surface area contributed by atoms with Crippen LogP contribution in [-0.4, -0.2) is 27.0 Å². The minimum absolute atomic E-state index is 0.152. The van der Waals surface area contributed by atoms with Crippen molar-refractivity contribution in [2.75, 3.05) is 12.3 Å². The number of rotatable bonds is 4. The number of nitrogens with zero attached hydrogens (tertiary/aromatic N) is 3. The standard InChI is InChI=1S/C20H15ClN4O3S/c1-2-28-16-10-11(7-8-15(16)26)9-13-17(22)25-20(23-18(13)27)29-19(24-25)12-5-3-4-6-14(12)21/h3-10H,2,22H2,1H3/b11-9+. The number of nitrogen functional groups attached to an aromatic ring is 1. The minimum atomic E-state index is -0.485. The Bertz CT molecular complexity index is 1290. The van der Waals surface area contributed by atoms with Crippen LogP contribution in [0.15, 0.2) is 58.6 Å². The monoisotopic (exact) mass is 426 g/mol. The Kier molecular flexibility index (Phi) is 5.04. The summed E-state index contributed by atoms with van der Waals surface area (Å²) in [6.45, 7) is 2.15. The molecule has 0 fully saturated rings. The van der Waals surface area contributed by atoms with E-state index in [1.165, 1.54) is 21.9 Å². The lowest BCUT2D eigenvalue weighted by atomic mass is 10.0. The minimum Gasteiger partial charge on any atom is -0.490 e. The topological polar surface area (TPSA) is 99.6 Å². The number of halogens is 1. The van der Waals surface area contributed by atoms with Crippen molar-refractivity contribution < 1.29 is 9.53 Å². The number of allylic oxidation sites excluding steroid dienone is 4. The van der Waals surface area contributed by atoms with Crippen LogP contribution in [0.5, 0.6) is 0 Å². The van der Waals surface area contributed by atoms with Gasteiger partial charge >= 0.3 is 0 Å². The number of hydrogen-bond donors (Lipinski definition) is 1. The number of benzene rings is 1. The number of carbonyl (C=O) groups excluding carboxylic acids is 1. The van der Waals surface area contributed by atoms with E-state index in [1.807, 2.05) is 18.2 Å². The molecule has 0 saturated heterocycles. The molecule has 7 nitrogen and oxygen atoms in total. The molecule has 29 heavy (non-hydrogen) atoms. The van der Waals surface area contributed by atoms with Crippen LogP contribution in [0.25, 0.3) is 21.6 Å². The Hall–Kier alpha value is -3.23. The fourth-order valence-electron chi connectivity index (χ4n) is 2.81. The molecule has 3 aromatic rings. The highest BCUT2D eigenvalue weighted by molar-refractivity contribution is 7.19. The second-order valence-corrected chi connectivity index (χ2v) is 7.44. The first-order chi connectivity index (χ1) is 14.0. The van der Waals surface area contributed by atoms with Crippen molar-refractivity contribution in [1.82, 2.24) is 14.6 Å². The van der Waals surface area contributed by atoms with Crippen LogP contribution in [0.4, 0.5) is 5.82 Å². The highest BCUT2D eigenvalue weighted by Crippen LogP contribution is 2.31. The Morgan fingerprint density at radius 1 is 1.28 bits per heavy atom. The summed E-state index contributed by atoms with van der Waals surface area (Å²) in [5, 5.41) is 5.62. The molecule has 0 atom stereocenters. The van der Waals surface area contributed by atoms with Crippen molar-refractivity contribution in [2.45, 2.75) is 6.92 Å². The summed E-state index contributed by atoms with van der Waals surface area (Å²) in [6.07, 6.45) is 6.10. The molecule has 0 radical (unpaired) electrons. The van der Waals surface area contributed by atoms with E-state index in [4.69, 9.17) is 22.1 Å². The zero-order chi connectivity index (χ0) is 20.5. The van der Waals surface area contributed by atoms with Gasteiger partial charge in [-0.25, -0.2) is 0 Å². The lowest BCUT2D eigenvalue weighted by Gasteiger charge is -2.10. The van der Waals surface area contributed by atoms with Crippen LogP contribution in [0.1, 0.15) is 12.5 Å². The summed E-state index contributed by atoms with van der Waals surface area (Å²) >= 11 is 7.47. The third kappa shape index (κ3) is 3.59. The van der Waals surface area contributed by atoms with Crippen molar-refractivity contribution in [3.63, 3.8) is 0 Å². The van der Waals surface area contributed by atoms with Crippen LogP contribution in [0, 0.1) is 0 Å². The number of carbonyl (C=O) groups is 1. The average molecular weight is 427 g/mol. The van der Waals surface area contributed by atoms with E-state index >= 15 is 0 Å². The smallest absolute Gasteiger partial charge is 0.283 e. The van der Waals surface area contributed by atoms with E-state index in [0.717, 1.165) is 5.56 Å². The second kappa shape index (κ2) is 7.65. The maximum absolute atomic E-state index is 12.6. The Morgan fingerprint density at radius 3 is 2.83 bits per heavy atom. The average Bonchev–Trinajstić information content (AvgIpc) is 3.12. The van der Waals surface area contributed by atoms with E-state index in [1.54, 1.807) is 31.2 Å². The maximum Gasteiger partial charge on any atom is 0.283 e. The number of fused-ring (bicyclic) bond motifs is 1. The number of ether oxygens (including phenoxy) is 1. The highest BCUT2D eigenvalue weighted by Gasteiger charge is 2.17. The van der Waals surface area contributed by atoms with Gasteiger partial charge in [-0.2, -0.15) is 14.6 Å². The van der Waals surface area contributed by atoms with Gasteiger partial charge in [0.1, 0.15) is 10.8 Å². The summed E-state index contributed by atoms with van der Waals surface area (Å²) < 4.78 is 6.74. The van der Waals surface area contributed by atoms with Gasteiger partial charge in [0, 0.05) is 5.56 Å². The zero-order valence-corrected chi connectivity index (χ0v) is 16.8. The largest absolute Gasteiger partial charge is 0.490 e. The summed E-state index contributed by atoms with van der Waals surface area (Å²) in [4.78, 5) is 28.9. The van der Waals surface area contributed by atoms with E-state index in [0.29, 0.717) is 27.2 Å². The first-order valence-electron chi connectivity index (χ1n) is 8.70. The van der Waals surface area contributed by atoms with Crippen molar-refractivity contribution in [1.29, 1.82) is 0 Å². The van der Waals surface area contributed by atoms with Gasteiger partial charge < -0.3 is 10.5 Å². The molecule has 2 aromatic heterocycles. The van der Waals surface area contributed by atoms with Crippen LogP contribution < -0.4 is 11.3 Å². The van der Waals surface area contributed by atoms with Crippen LogP contribution in [0.2, 0.25) is 5.02 Å². The second-order valence-electron chi connectivity index (χ2n) is 6.08. The molecule has 0 amide bonds. The van der Waals surface area contributed by atoms with Crippen molar-refractivity contribution >= 4 is 45.6 Å². The van der Waals surface area contributed by atoms with Gasteiger partial charge in [-0.1, -0.05) is 47.2 Å². The van der Waals surface area contributed by atoms with Gasteiger partial charge in [-0.05, 0) is 36.8 Å². The number of nitrogens with two attached hydrogens (primary N) is 1. The molecule has 0 unspecified atom stereocenters. The number of ketones is 1. The molecule has 4 rings (SSSR count). The predicted molar refractivity (Wildman–Crippen MR) is 114 cm³/mol. The number of anilines is 1. The van der Waals surface area contributed by atoms with Gasteiger partial charge in [0.2, 0.25) is 10.7 Å². The fourth-order valence-corrected chi connectivity index (χ4v) is 4.03.